The number of nitrogens with zero attached hydrogens (tertiary/aromatic N) is 3. The van der Waals surface area contributed by atoms with Crippen molar-refractivity contribution in [2.24, 2.45) is 0 Å². The molecule has 3 aromatic rings. The van der Waals surface area contributed by atoms with Crippen LogP contribution in [0.1, 0.15) is 43.7 Å². The maximum absolute atomic E-state index is 12.9. The van der Waals surface area contributed by atoms with E-state index in [9.17, 15) is 14.4 Å². The van der Waals surface area contributed by atoms with Gasteiger partial charge in [0.1, 0.15) is 22.4 Å². The molecule has 2 heterocycles. The Balaban J connectivity index is 1.54. The van der Waals surface area contributed by atoms with Crippen LogP contribution in [-0.2, 0) is 11.3 Å². The second-order valence-corrected chi connectivity index (χ2v) is 7.56. The van der Waals surface area contributed by atoms with Crippen molar-refractivity contribution in [3.8, 4) is 5.75 Å². The smallest absolute Gasteiger partial charge is 0.338 e. The number of amides is 2. The first-order valence-corrected chi connectivity index (χ1v) is 10.0. The number of carbonyl (C=O) groups is 3. The molecule has 1 aliphatic rings. The second-order valence-electron chi connectivity index (χ2n) is 6.20. The van der Waals surface area contributed by atoms with Crippen LogP contribution in [0.3, 0.4) is 0 Å². The molecular formula is C20H14ClN3O5S. The van der Waals surface area contributed by atoms with E-state index in [1.165, 1.54) is 18.2 Å². The first kappa shape index (κ1) is 20.0. The zero-order chi connectivity index (χ0) is 21.3. The molecule has 0 fully saturated rings. The van der Waals surface area contributed by atoms with Crippen LogP contribution in [0.2, 0.25) is 4.34 Å². The van der Waals surface area contributed by atoms with E-state index in [1.54, 1.807) is 24.3 Å². The summed E-state index contributed by atoms with van der Waals surface area (Å²) in [6.45, 7) is 2.23. The normalized spacial score (nSPS) is 12.8. The number of imide groups is 1. The number of esters is 1. The van der Waals surface area contributed by atoms with Crippen molar-refractivity contribution in [3.63, 3.8) is 0 Å². The van der Waals surface area contributed by atoms with Crippen LogP contribution in [0.5, 0.6) is 5.75 Å². The second kappa shape index (κ2) is 8.21. The first-order valence-electron chi connectivity index (χ1n) is 8.89. The highest BCUT2D eigenvalue weighted by Crippen LogP contribution is 2.30. The molecule has 2 amide bonds. The summed E-state index contributed by atoms with van der Waals surface area (Å²) in [4.78, 5) is 39.0. The number of anilines is 1. The minimum atomic E-state index is -0.665. The van der Waals surface area contributed by atoms with Gasteiger partial charge < -0.3 is 9.47 Å². The predicted octanol–water partition coefficient (Wildman–Crippen LogP) is 3.75. The van der Waals surface area contributed by atoms with Gasteiger partial charge in [0, 0.05) is 11.5 Å². The molecule has 2 aromatic carbocycles. The molecule has 0 unspecified atom stereocenters. The SMILES string of the molecule is CCOc1ccc(N2C(=O)c3ccc(C(=O)OCc4nnsc4Cl)cc3C2=O)cc1. The van der Waals surface area contributed by atoms with Crippen LogP contribution < -0.4 is 9.64 Å². The largest absolute Gasteiger partial charge is 0.494 e. The van der Waals surface area contributed by atoms with Crippen molar-refractivity contribution in [2.75, 3.05) is 11.5 Å². The number of hydrogen-bond acceptors (Lipinski definition) is 8. The molecule has 4 rings (SSSR count). The van der Waals surface area contributed by atoms with Gasteiger partial charge in [0.15, 0.2) is 0 Å². The number of hydrogen-bond donors (Lipinski definition) is 0. The lowest BCUT2D eigenvalue weighted by molar-refractivity contribution is 0.0467. The lowest BCUT2D eigenvalue weighted by atomic mass is 10.1. The number of fused-ring (bicyclic) bond motifs is 1. The first-order chi connectivity index (χ1) is 14.5. The number of aromatic nitrogens is 2. The summed E-state index contributed by atoms with van der Waals surface area (Å²) in [6, 6.07) is 10.9. The Bertz CT molecular complexity index is 1150. The summed E-state index contributed by atoms with van der Waals surface area (Å²) < 4.78 is 14.6. The third kappa shape index (κ3) is 3.64. The Morgan fingerprint density at radius 3 is 2.50 bits per heavy atom. The van der Waals surface area contributed by atoms with Crippen molar-refractivity contribution >= 4 is 46.6 Å². The molecule has 0 atom stereocenters. The molecule has 0 saturated carbocycles. The van der Waals surface area contributed by atoms with Crippen molar-refractivity contribution in [1.82, 2.24) is 9.59 Å². The summed E-state index contributed by atoms with van der Waals surface area (Å²) in [5.74, 6) is -1.00. The van der Waals surface area contributed by atoms with Crippen LogP contribution in [0, 0.1) is 0 Å². The molecule has 0 aliphatic carbocycles. The molecule has 0 bridgehead atoms. The number of carbonyl (C=O) groups excluding carboxylic acids is 3. The van der Waals surface area contributed by atoms with E-state index >= 15 is 0 Å². The summed E-state index contributed by atoms with van der Waals surface area (Å²) in [5, 5.41) is 3.77. The average molecular weight is 444 g/mol. The molecule has 0 spiro atoms. The summed E-state index contributed by atoms with van der Waals surface area (Å²) >= 11 is 6.88. The van der Waals surface area contributed by atoms with E-state index in [2.05, 4.69) is 9.59 Å². The fourth-order valence-electron chi connectivity index (χ4n) is 2.96. The van der Waals surface area contributed by atoms with Crippen molar-refractivity contribution in [1.29, 1.82) is 0 Å². The third-order valence-corrected chi connectivity index (χ3v) is 5.36. The molecule has 10 heteroatoms. The maximum Gasteiger partial charge on any atom is 0.338 e. The van der Waals surface area contributed by atoms with Gasteiger partial charge in [-0.15, -0.1) is 5.10 Å². The summed E-state index contributed by atoms with van der Waals surface area (Å²) in [6.07, 6.45) is 0. The van der Waals surface area contributed by atoms with Gasteiger partial charge in [-0.25, -0.2) is 9.69 Å². The molecule has 0 radical (unpaired) electrons. The quantitative estimate of drug-likeness (QED) is 0.422. The lowest BCUT2D eigenvalue weighted by Gasteiger charge is -2.14. The van der Waals surface area contributed by atoms with E-state index in [4.69, 9.17) is 21.1 Å². The van der Waals surface area contributed by atoms with E-state index in [0.717, 1.165) is 16.4 Å². The molecule has 1 aliphatic heterocycles. The zero-order valence-corrected chi connectivity index (χ0v) is 17.2. The van der Waals surface area contributed by atoms with E-state index in [1.807, 2.05) is 6.92 Å². The minimum absolute atomic E-state index is 0.136. The zero-order valence-electron chi connectivity index (χ0n) is 15.6. The van der Waals surface area contributed by atoms with Gasteiger partial charge in [0.2, 0.25) is 0 Å². The average Bonchev–Trinajstić information content (AvgIpc) is 3.27. The number of benzene rings is 2. The number of halogens is 1. The monoisotopic (exact) mass is 443 g/mol. The highest BCUT2D eigenvalue weighted by molar-refractivity contribution is 7.10. The molecule has 30 heavy (non-hydrogen) atoms. The topological polar surface area (TPSA) is 98.7 Å². The number of rotatable bonds is 6. The van der Waals surface area contributed by atoms with Crippen LogP contribution in [-0.4, -0.2) is 34.0 Å². The number of ether oxygens (including phenoxy) is 2. The fraction of sp³-hybridized carbons (Fsp3) is 0.150. The summed E-state index contributed by atoms with van der Waals surface area (Å²) in [5.41, 5.74) is 1.26. The Morgan fingerprint density at radius 1 is 1.10 bits per heavy atom. The Hall–Kier alpha value is -3.30. The van der Waals surface area contributed by atoms with Gasteiger partial charge in [-0.2, -0.15) is 0 Å². The van der Waals surface area contributed by atoms with E-state index in [0.29, 0.717) is 28.1 Å². The standard InChI is InChI=1S/C20H14ClN3O5S/c1-2-28-13-6-4-12(5-7-13)24-18(25)14-8-3-11(9-15(14)19(24)26)20(27)29-10-16-17(21)30-23-22-16/h3-9H,2,10H2,1H3. The molecule has 1 aromatic heterocycles. The Morgan fingerprint density at radius 2 is 1.83 bits per heavy atom. The molecule has 0 N–H and O–H groups in total. The highest BCUT2D eigenvalue weighted by Gasteiger charge is 2.37. The van der Waals surface area contributed by atoms with Crippen LogP contribution in [0.4, 0.5) is 5.69 Å². The van der Waals surface area contributed by atoms with Crippen molar-refractivity contribution in [2.45, 2.75) is 13.5 Å². The van der Waals surface area contributed by atoms with E-state index < -0.39 is 17.8 Å². The van der Waals surface area contributed by atoms with Crippen LogP contribution in [0.25, 0.3) is 0 Å². The van der Waals surface area contributed by atoms with Crippen LogP contribution >= 0.6 is 23.1 Å². The van der Waals surface area contributed by atoms with Gasteiger partial charge in [0.05, 0.1) is 29.0 Å². The highest BCUT2D eigenvalue weighted by atomic mass is 35.5. The van der Waals surface area contributed by atoms with Gasteiger partial charge in [0.25, 0.3) is 11.8 Å². The van der Waals surface area contributed by atoms with Crippen molar-refractivity contribution < 1.29 is 23.9 Å². The molecule has 8 nitrogen and oxygen atoms in total. The fourth-order valence-corrected chi connectivity index (χ4v) is 3.56. The summed E-state index contributed by atoms with van der Waals surface area (Å²) in [7, 11) is 0. The predicted molar refractivity (Wildman–Crippen MR) is 109 cm³/mol. The van der Waals surface area contributed by atoms with Gasteiger partial charge in [-0.3, -0.25) is 9.59 Å². The van der Waals surface area contributed by atoms with E-state index in [-0.39, 0.29) is 23.3 Å². The molecule has 0 saturated heterocycles. The Labute approximate surface area is 180 Å². The Kier molecular flexibility index (Phi) is 5.47. The van der Waals surface area contributed by atoms with Crippen LogP contribution in [0.15, 0.2) is 42.5 Å². The molecule has 152 valence electrons. The molecular weight excluding hydrogens is 430 g/mol. The third-order valence-electron chi connectivity index (χ3n) is 4.38. The maximum atomic E-state index is 12.9. The lowest BCUT2D eigenvalue weighted by Crippen LogP contribution is -2.29. The van der Waals surface area contributed by atoms with Crippen molar-refractivity contribution in [3.05, 3.63) is 69.2 Å². The van der Waals surface area contributed by atoms with Gasteiger partial charge in [-0.05, 0) is 49.4 Å². The van der Waals surface area contributed by atoms with Gasteiger partial charge >= 0.3 is 5.97 Å². The van der Waals surface area contributed by atoms with Gasteiger partial charge in [-0.1, -0.05) is 16.1 Å². The minimum Gasteiger partial charge on any atom is -0.494 e.